The van der Waals surface area contributed by atoms with Gasteiger partial charge in [-0.05, 0) is 31.8 Å². The molecule has 0 unspecified atom stereocenters. The number of halogens is 3. The maximum absolute atomic E-state index is 12.6. The molecule has 1 fully saturated rings. The van der Waals surface area contributed by atoms with Crippen LogP contribution in [0.4, 0.5) is 18.0 Å². The highest BCUT2D eigenvalue weighted by Gasteiger charge is 2.37. The number of amides is 1. The summed E-state index contributed by atoms with van der Waals surface area (Å²) in [6.45, 7) is 3.82. The first-order chi connectivity index (χ1) is 8.79. The van der Waals surface area contributed by atoms with E-state index in [2.05, 4.69) is 5.32 Å². The number of alkyl halides is 3. The summed E-state index contributed by atoms with van der Waals surface area (Å²) in [5.41, 5.74) is 0. The van der Waals surface area contributed by atoms with E-state index in [1.54, 1.807) is 0 Å². The Kier molecular flexibility index (Phi) is 5.90. The zero-order valence-corrected chi connectivity index (χ0v) is 11.3. The number of nitrogens with one attached hydrogen (secondary N) is 1. The highest BCUT2D eigenvalue weighted by molar-refractivity contribution is 5.68. The molecule has 1 aliphatic rings. The van der Waals surface area contributed by atoms with E-state index in [1.807, 2.05) is 13.8 Å². The van der Waals surface area contributed by atoms with Crippen LogP contribution in [0.1, 0.15) is 26.7 Å². The second kappa shape index (κ2) is 6.98. The third-order valence-corrected chi connectivity index (χ3v) is 2.87. The molecule has 0 radical (unpaired) electrons. The van der Waals surface area contributed by atoms with Crippen molar-refractivity contribution in [3.63, 3.8) is 0 Å². The Bertz CT molecular complexity index is 289. The van der Waals surface area contributed by atoms with Crippen LogP contribution in [-0.2, 0) is 4.74 Å². The lowest BCUT2D eigenvalue weighted by atomic mass is 10.1. The van der Waals surface area contributed by atoms with Crippen molar-refractivity contribution in [3.05, 3.63) is 0 Å². The Hall–Kier alpha value is -0.980. The Morgan fingerprint density at radius 1 is 1.37 bits per heavy atom. The summed E-state index contributed by atoms with van der Waals surface area (Å²) >= 11 is 0. The van der Waals surface area contributed by atoms with Gasteiger partial charge in [0.1, 0.15) is 6.54 Å². The van der Waals surface area contributed by atoms with E-state index in [4.69, 9.17) is 4.74 Å². The number of carbonyl (C=O) groups is 1. The van der Waals surface area contributed by atoms with E-state index in [-0.39, 0.29) is 12.5 Å². The van der Waals surface area contributed by atoms with Crippen molar-refractivity contribution in [2.24, 2.45) is 5.92 Å². The van der Waals surface area contributed by atoms with E-state index in [0.29, 0.717) is 25.9 Å². The van der Waals surface area contributed by atoms with Crippen LogP contribution in [0.3, 0.4) is 0 Å². The van der Waals surface area contributed by atoms with Crippen LogP contribution in [0.5, 0.6) is 0 Å². The molecule has 112 valence electrons. The normalized spacial score (nSPS) is 17.6. The minimum Gasteiger partial charge on any atom is -0.449 e. The second-order valence-corrected chi connectivity index (χ2v) is 5.20. The Balaban J connectivity index is 2.64. The fourth-order valence-corrected chi connectivity index (χ4v) is 1.98. The van der Waals surface area contributed by atoms with Gasteiger partial charge in [0, 0.05) is 6.04 Å². The molecule has 1 heterocycles. The predicted molar refractivity (Wildman–Crippen MR) is 64.8 cm³/mol. The van der Waals surface area contributed by atoms with Gasteiger partial charge < -0.3 is 10.1 Å². The van der Waals surface area contributed by atoms with Gasteiger partial charge in [-0.15, -0.1) is 0 Å². The van der Waals surface area contributed by atoms with Gasteiger partial charge in [-0.1, -0.05) is 13.8 Å². The lowest BCUT2D eigenvalue weighted by Gasteiger charge is -2.34. The summed E-state index contributed by atoms with van der Waals surface area (Å²) < 4.78 is 42.6. The monoisotopic (exact) mass is 282 g/mol. The first-order valence-electron chi connectivity index (χ1n) is 6.50. The van der Waals surface area contributed by atoms with Crippen LogP contribution < -0.4 is 5.32 Å². The molecule has 0 bridgehead atoms. The van der Waals surface area contributed by atoms with Crippen molar-refractivity contribution >= 4 is 6.09 Å². The average molecular weight is 282 g/mol. The van der Waals surface area contributed by atoms with Gasteiger partial charge in [-0.3, -0.25) is 4.90 Å². The molecule has 0 aliphatic carbocycles. The number of hydrogen-bond acceptors (Lipinski definition) is 3. The summed E-state index contributed by atoms with van der Waals surface area (Å²) in [4.78, 5) is 12.6. The number of hydrogen-bond donors (Lipinski definition) is 1. The quantitative estimate of drug-likeness (QED) is 0.861. The van der Waals surface area contributed by atoms with Crippen LogP contribution in [0, 0.1) is 5.92 Å². The zero-order valence-electron chi connectivity index (χ0n) is 11.3. The molecule has 0 aromatic heterocycles. The van der Waals surface area contributed by atoms with Gasteiger partial charge in [0.25, 0.3) is 0 Å². The molecule has 0 saturated carbocycles. The molecular formula is C12H21F3N2O2. The lowest BCUT2D eigenvalue weighted by Crippen LogP contribution is -2.50. The number of piperidine rings is 1. The largest absolute Gasteiger partial charge is 0.449 e. The van der Waals surface area contributed by atoms with E-state index in [9.17, 15) is 18.0 Å². The first-order valence-corrected chi connectivity index (χ1v) is 6.50. The number of rotatable bonds is 4. The molecule has 19 heavy (non-hydrogen) atoms. The molecule has 1 rings (SSSR count). The van der Waals surface area contributed by atoms with E-state index in [0.717, 1.165) is 4.90 Å². The van der Waals surface area contributed by atoms with Gasteiger partial charge in [-0.25, -0.2) is 4.79 Å². The summed E-state index contributed by atoms with van der Waals surface area (Å²) in [5.74, 6) is 0.102. The summed E-state index contributed by atoms with van der Waals surface area (Å²) in [5, 5.41) is 3.06. The molecule has 1 aliphatic heterocycles. The van der Waals surface area contributed by atoms with Crippen LogP contribution in [0.25, 0.3) is 0 Å². The third kappa shape index (κ3) is 6.13. The smallest absolute Gasteiger partial charge is 0.410 e. The van der Waals surface area contributed by atoms with Crippen LogP contribution in [0.15, 0.2) is 0 Å². The van der Waals surface area contributed by atoms with Crippen LogP contribution >= 0.6 is 0 Å². The standard InChI is InChI=1S/C12H21F3N2O2/c1-9(2)7-19-11(18)17(8-12(13,14)15)10-3-5-16-6-4-10/h9-10,16H,3-8H2,1-2H3. The van der Waals surface area contributed by atoms with Crippen molar-refractivity contribution in [1.29, 1.82) is 0 Å². The topological polar surface area (TPSA) is 41.6 Å². The van der Waals surface area contributed by atoms with Crippen LogP contribution in [0.2, 0.25) is 0 Å². The van der Waals surface area contributed by atoms with E-state index < -0.39 is 24.9 Å². The SMILES string of the molecule is CC(C)COC(=O)N(CC(F)(F)F)C1CCNCC1. The zero-order chi connectivity index (χ0) is 14.5. The molecule has 0 spiro atoms. The fourth-order valence-electron chi connectivity index (χ4n) is 1.98. The highest BCUT2D eigenvalue weighted by Crippen LogP contribution is 2.22. The average Bonchev–Trinajstić information content (AvgIpc) is 2.33. The summed E-state index contributed by atoms with van der Waals surface area (Å²) in [6, 6.07) is -0.400. The van der Waals surface area contributed by atoms with Crippen LogP contribution in [-0.4, -0.2) is 49.5 Å². The molecule has 1 amide bonds. The maximum Gasteiger partial charge on any atom is 0.410 e. The molecule has 1 saturated heterocycles. The van der Waals surface area contributed by atoms with Crippen molar-refractivity contribution in [2.75, 3.05) is 26.2 Å². The Morgan fingerprint density at radius 2 is 1.95 bits per heavy atom. The van der Waals surface area contributed by atoms with Gasteiger partial charge in [0.15, 0.2) is 0 Å². The third-order valence-electron chi connectivity index (χ3n) is 2.87. The van der Waals surface area contributed by atoms with Crippen molar-refractivity contribution in [2.45, 2.75) is 38.9 Å². The van der Waals surface area contributed by atoms with Gasteiger partial charge in [0.2, 0.25) is 0 Å². The fraction of sp³-hybridized carbons (Fsp3) is 0.917. The highest BCUT2D eigenvalue weighted by atomic mass is 19.4. The van der Waals surface area contributed by atoms with Gasteiger partial charge in [0.05, 0.1) is 6.61 Å². The molecule has 0 aromatic rings. The lowest BCUT2D eigenvalue weighted by molar-refractivity contribution is -0.148. The number of carbonyl (C=O) groups excluding carboxylic acids is 1. The predicted octanol–water partition coefficient (Wildman–Crippen LogP) is 2.40. The molecular weight excluding hydrogens is 261 g/mol. The van der Waals surface area contributed by atoms with E-state index >= 15 is 0 Å². The van der Waals surface area contributed by atoms with Crippen molar-refractivity contribution < 1.29 is 22.7 Å². The number of ether oxygens (including phenoxy) is 1. The minimum absolute atomic E-state index is 0.102. The minimum atomic E-state index is -4.40. The first kappa shape index (κ1) is 16.1. The molecule has 7 heteroatoms. The summed E-state index contributed by atoms with van der Waals surface area (Å²) in [7, 11) is 0. The van der Waals surface area contributed by atoms with Gasteiger partial charge in [-0.2, -0.15) is 13.2 Å². The Labute approximate surface area is 111 Å². The van der Waals surface area contributed by atoms with Crippen molar-refractivity contribution in [1.82, 2.24) is 10.2 Å². The second-order valence-electron chi connectivity index (χ2n) is 5.20. The van der Waals surface area contributed by atoms with E-state index in [1.165, 1.54) is 0 Å². The molecule has 4 nitrogen and oxygen atoms in total. The maximum atomic E-state index is 12.6. The summed E-state index contributed by atoms with van der Waals surface area (Å²) in [6.07, 6.45) is -4.22. The molecule has 0 aromatic carbocycles. The van der Waals surface area contributed by atoms with Crippen molar-refractivity contribution in [3.8, 4) is 0 Å². The molecule has 0 atom stereocenters. The Morgan fingerprint density at radius 3 is 2.42 bits per heavy atom. The molecule has 1 N–H and O–H groups in total. The van der Waals surface area contributed by atoms with Gasteiger partial charge >= 0.3 is 12.3 Å². The number of nitrogens with zero attached hydrogens (tertiary/aromatic N) is 1.